The number of carbonyl (C=O) groups excluding carboxylic acids is 1. The zero-order valence-electron chi connectivity index (χ0n) is 13.8. The predicted molar refractivity (Wildman–Crippen MR) is 91.3 cm³/mol. The molecule has 0 radical (unpaired) electrons. The number of rotatable bonds is 4. The van der Waals surface area contributed by atoms with Gasteiger partial charge in [-0.25, -0.2) is 9.97 Å². The molecule has 0 saturated carbocycles. The Morgan fingerprint density at radius 1 is 1.39 bits per heavy atom. The standard InChI is InChI=1S/C17H22N4OS/c1-11-9-14(15(18)22)20-16(19-11)17(3)7-4-8-21(17)10-13-6-5-12(2)23-13/h5-6,9H,4,7-8,10H2,1-3H3,(H2,18,22)/t17-/m1/s1. The second-order valence-corrected chi connectivity index (χ2v) is 7.77. The molecule has 1 atom stereocenters. The number of primary amides is 1. The van der Waals surface area contributed by atoms with Crippen molar-refractivity contribution in [3.63, 3.8) is 0 Å². The number of likely N-dealkylation sites (tertiary alicyclic amines) is 1. The second kappa shape index (κ2) is 6.02. The van der Waals surface area contributed by atoms with Crippen LogP contribution in [-0.2, 0) is 12.1 Å². The highest BCUT2D eigenvalue weighted by molar-refractivity contribution is 7.11. The summed E-state index contributed by atoms with van der Waals surface area (Å²) in [5.74, 6) is 0.204. The molecule has 0 spiro atoms. The summed E-state index contributed by atoms with van der Waals surface area (Å²) >= 11 is 1.83. The lowest BCUT2D eigenvalue weighted by atomic mass is 9.97. The topological polar surface area (TPSA) is 72.1 Å². The van der Waals surface area contributed by atoms with Gasteiger partial charge in [0.25, 0.3) is 5.91 Å². The van der Waals surface area contributed by atoms with E-state index in [0.29, 0.717) is 11.5 Å². The smallest absolute Gasteiger partial charge is 0.267 e. The predicted octanol–water partition coefficient (Wildman–Crippen LogP) is 2.77. The molecular weight excluding hydrogens is 308 g/mol. The fourth-order valence-corrected chi connectivity index (χ4v) is 4.13. The summed E-state index contributed by atoms with van der Waals surface area (Å²) in [6.45, 7) is 8.07. The molecule has 0 bridgehead atoms. The Balaban J connectivity index is 1.94. The van der Waals surface area contributed by atoms with Crippen LogP contribution in [0.3, 0.4) is 0 Å². The highest BCUT2D eigenvalue weighted by atomic mass is 32.1. The lowest BCUT2D eigenvalue weighted by Gasteiger charge is -2.33. The molecule has 1 aliphatic heterocycles. The number of carbonyl (C=O) groups is 1. The molecule has 0 aliphatic carbocycles. The first kappa shape index (κ1) is 16.1. The third-order valence-corrected chi connectivity index (χ3v) is 5.51. The molecule has 122 valence electrons. The number of aromatic nitrogens is 2. The summed E-state index contributed by atoms with van der Waals surface area (Å²) in [5.41, 5.74) is 6.24. The summed E-state index contributed by atoms with van der Waals surface area (Å²) < 4.78 is 0. The summed E-state index contributed by atoms with van der Waals surface area (Å²) in [5, 5.41) is 0. The van der Waals surface area contributed by atoms with Gasteiger partial charge in [-0.2, -0.15) is 0 Å². The Bertz CT molecular complexity index is 742. The lowest BCUT2D eigenvalue weighted by molar-refractivity contribution is 0.0991. The maximum Gasteiger partial charge on any atom is 0.267 e. The number of hydrogen-bond donors (Lipinski definition) is 1. The molecule has 2 aromatic rings. The van der Waals surface area contributed by atoms with E-state index in [2.05, 4.69) is 40.8 Å². The largest absolute Gasteiger partial charge is 0.364 e. The minimum Gasteiger partial charge on any atom is -0.364 e. The average molecular weight is 330 g/mol. The van der Waals surface area contributed by atoms with E-state index in [4.69, 9.17) is 5.73 Å². The van der Waals surface area contributed by atoms with Crippen LogP contribution in [-0.4, -0.2) is 27.3 Å². The molecule has 1 saturated heterocycles. The molecule has 1 aliphatic rings. The van der Waals surface area contributed by atoms with Crippen LogP contribution in [0.1, 0.15) is 51.5 Å². The van der Waals surface area contributed by atoms with Gasteiger partial charge < -0.3 is 5.73 Å². The summed E-state index contributed by atoms with van der Waals surface area (Å²) in [6.07, 6.45) is 2.09. The first-order valence-corrected chi connectivity index (χ1v) is 8.66. The van der Waals surface area contributed by atoms with Crippen molar-refractivity contribution in [1.82, 2.24) is 14.9 Å². The average Bonchev–Trinajstić information content (AvgIpc) is 3.06. The van der Waals surface area contributed by atoms with Crippen LogP contribution >= 0.6 is 11.3 Å². The quantitative estimate of drug-likeness (QED) is 0.935. The van der Waals surface area contributed by atoms with Gasteiger partial charge >= 0.3 is 0 Å². The zero-order valence-corrected chi connectivity index (χ0v) is 14.6. The van der Waals surface area contributed by atoms with Crippen molar-refractivity contribution in [2.45, 2.75) is 45.7 Å². The minimum atomic E-state index is -0.501. The van der Waals surface area contributed by atoms with E-state index in [-0.39, 0.29) is 5.54 Å². The minimum absolute atomic E-state index is 0.256. The number of nitrogens with two attached hydrogens (primary N) is 1. The Hall–Kier alpha value is -1.79. The van der Waals surface area contributed by atoms with Gasteiger partial charge in [0.05, 0.1) is 5.54 Å². The van der Waals surface area contributed by atoms with Gasteiger partial charge in [-0.05, 0) is 58.4 Å². The van der Waals surface area contributed by atoms with Crippen LogP contribution in [0.5, 0.6) is 0 Å². The van der Waals surface area contributed by atoms with Gasteiger partial charge in [0.1, 0.15) is 11.5 Å². The van der Waals surface area contributed by atoms with Gasteiger partial charge in [-0.15, -0.1) is 11.3 Å². The maximum atomic E-state index is 11.5. The van der Waals surface area contributed by atoms with Crippen molar-refractivity contribution in [2.75, 3.05) is 6.54 Å². The third-order valence-electron chi connectivity index (χ3n) is 4.52. The zero-order chi connectivity index (χ0) is 16.6. The summed E-state index contributed by atoms with van der Waals surface area (Å²) in [4.78, 5) is 25.7. The van der Waals surface area contributed by atoms with E-state index < -0.39 is 5.91 Å². The van der Waals surface area contributed by atoms with E-state index >= 15 is 0 Å². The number of hydrogen-bond acceptors (Lipinski definition) is 5. The molecule has 3 rings (SSSR count). The molecule has 0 aromatic carbocycles. The fourth-order valence-electron chi connectivity index (χ4n) is 3.22. The van der Waals surface area contributed by atoms with Crippen LogP contribution in [0.25, 0.3) is 0 Å². The molecule has 2 aromatic heterocycles. The molecule has 6 heteroatoms. The number of aryl methyl sites for hydroxylation is 2. The van der Waals surface area contributed by atoms with Crippen molar-refractivity contribution in [1.29, 1.82) is 0 Å². The number of amides is 1. The van der Waals surface area contributed by atoms with Crippen molar-refractivity contribution in [3.8, 4) is 0 Å². The Morgan fingerprint density at radius 3 is 2.83 bits per heavy atom. The van der Waals surface area contributed by atoms with Gasteiger partial charge in [0.2, 0.25) is 0 Å². The molecule has 1 amide bonds. The van der Waals surface area contributed by atoms with Gasteiger partial charge in [-0.3, -0.25) is 9.69 Å². The van der Waals surface area contributed by atoms with Crippen molar-refractivity contribution >= 4 is 17.2 Å². The summed E-state index contributed by atoms with van der Waals surface area (Å²) in [6, 6.07) is 5.99. The highest BCUT2D eigenvalue weighted by Gasteiger charge is 2.41. The molecule has 5 nitrogen and oxygen atoms in total. The monoisotopic (exact) mass is 330 g/mol. The number of thiophene rings is 1. The molecule has 0 unspecified atom stereocenters. The lowest BCUT2D eigenvalue weighted by Crippen LogP contribution is -2.40. The highest BCUT2D eigenvalue weighted by Crippen LogP contribution is 2.38. The maximum absolute atomic E-state index is 11.5. The Kier molecular flexibility index (Phi) is 4.21. The molecule has 2 N–H and O–H groups in total. The second-order valence-electron chi connectivity index (χ2n) is 6.39. The Morgan fingerprint density at radius 2 is 2.17 bits per heavy atom. The van der Waals surface area contributed by atoms with E-state index in [9.17, 15) is 4.79 Å². The normalized spacial score (nSPS) is 21.7. The third kappa shape index (κ3) is 3.14. The molecular formula is C17H22N4OS. The molecule has 3 heterocycles. The Labute approximate surface area is 140 Å². The van der Waals surface area contributed by atoms with Crippen molar-refractivity contribution < 1.29 is 4.79 Å². The molecule has 1 fully saturated rings. The van der Waals surface area contributed by atoms with E-state index in [1.807, 2.05) is 18.3 Å². The van der Waals surface area contributed by atoms with Crippen LogP contribution in [0, 0.1) is 13.8 Å². The number of nitrogens with zero attached hydrogens (tertiary/aromatic N) is 3. The van der Waals surface area contributed by atoms with Crippen LogP contribution in [0.2, 0.25) is 0 Å². The first-order chi connectivity index (χ1) is 10.9. The molecule has 23 heavy (non-hydrogen) atoms. The van der Waals surface area contributed by atoms with Crippen molar-refractivity contribution in [3.05, 3.63) is 45.2 Å². The fraction of sp³-hybridized carbons (Fsp3) is 0.471. The van der Waals surface area contributed by atoms with Crippen molar-refractivity contribution in [2.24, 2.45) is 5.73 Å². The van der Waals surface area contributed by atoms with Gasteiger partial charge in [-0.1, -0.05) is 0 Å². The van der Waals surface area contributed by atoms with Crippen LogP contribution < -0.4 is 5.73 Å². The summed E-state index contributed by atoms with van der Waals surface area (Å²) in [7, 11) is 0. The van der Waals surface area contributed by atoms with Gasteiger partial charge in [0, 0.05) is 22.0 Å². The van der Waals surface area contributed by atoms with E-state index in [0.717, 1.165) is 31.6 Å². The van der Waals surface area contributed by atoms with Gasteiger partial charge in [0.15, 0.2) is 0 Å². The van der Waals surface area contributed by atoms with E-state index in [1.165, 1.54) is 9.75 Å². The van der Waals surface area contributed by atoms with Crippen LogP contribution in [0.15, 0.2) is 18.2 Å². The SMILES string of the molecule is Cc1cc(C(N)=O)nc([C@@]2(C)CCCN2Cc2ccc(C)s2)n1. The van der Waals surface area contributed by atoms with Crippen LogP contribution in [0.4, 0.5) is 0 Å². The van der Waals surface area contributed by atoms with E-state index in [1.54, 1.807) is 6.07 Å². The first-order valence-electron chi connectivity index (χ1n) is 7.85.